The molecule has 0 spiro atoms. The van der Waals surface area contributed by atoms with Gasteiger partial charge in [0.2, 0.25) is 0 Å². The van der Waals surface area contributed by atoms with Crippen LogP contribution in [0.25, 0.3) is 15.9 Å². The van der Waals surface area contributed by atoms with Gasteiger partial charge in [-0.3, -0.25) is 0 Å². The number of nitrogens with zero attached hydrogens (tertiary/aromatic N) is 5. The molecular formula is C24H28N6O3S. The highest BCUT2D eigenvalue weighted by atomic mass is 32.1. The third-order valence-electron chi connectivity index (χ3n) is 5.89. The summed E-state index contributed by atoms with van der Waals surface area (Å²) in [5.74, 6) is 1.84. The average molecular weight is 481 g/mol. The van der Waals surface area contributed by atoms with Gasteiger partial charge in [0.05, 0.1) is 25.8 Å². The molecule has 5 rings (SSSR count). The summed E-state index contributed by atoms with van der Waals surface area (Å²) in [6, 6.07) is 5.52. The highest BCUT2D eigenvalue weighted by Gasteiger charge is 2.39. The molecule has 0 atom stereocenters. The second-order valence-corrected chi connectivity index (χ2v) is 10.6. The minimum absolute atomic E-state index is 0.0256. The van der Waals surface area contributed by atoms with Crippen LogP contribution in [0, 0.1) is 0 Å². The van der Waals surface area contributed by atoms with Gasteiger partial charge < -0.3 is 19.6 Å². The van der Waals surface area contributed by atoms with E-state index >= 15 is 0 Å². The maximum absolute atomic E-state index is 5.49. The molecule has 1 aliphatic rings. The van der Waals surface area contributed by atoms with E-state index in [0.717, 1.165) is 27.8 Å². The molecule has 1 aromatic carbocycles. The van der Waals surface area contributed by atoms with Crippen molar-refractivity contribution in [2.45, 2.75) is 51.8 Å². The molecule has 0 saturated carbocycles. The average Bonchev–Trinajstić information content (AvgIpc) is 3.36. The molecular weight excluding hydrogens is 452 g/mol. The molecule has 0 unspecified atom stereocenters. The van der Waals surface area contributed by atoms with Crippen LogP contribution in [-0.2, 0) is 23.4 Å². The van der Waals surface area contributed by atoms with E-state index in [1.54, 1.807) is 42.6 Å². The molecule has 178 valence electrons. The summed E-state index contributed by atoms with van der Waals surface area (Å²) in [4.78, 5) is 17.2. The van der Waals surface area contributed by atoms with Crippen molar-refractivity contribution in [2.24, 2.45) is 5.16 Å². The van der Waals surface area contributed by atoms with Crippen LogP contribution in [0.1, 0.15) is 49.5 Å². The van der Waals surface area contributed by atoms with E-state index in [4.69, 9.17) is 19.3 Å². The van der Waals surface area contributed by atoms with Gasteiger partial charge >= 0.3 is 0 Å². The van der Waals surface area contributed by atoms with Gasteiger partial charge in [-0.25, -0.2) is 14.5 Å². The van der Waals surface area contributed by atoms with E-state index in [1.165, 1.54) is 10.4 Å². The molecule has 10 heteroatoms. The molecule has 9 nitrogen and oxygen atoms in total. The molecule has 0 radical (unpaired) electrons. The van der Waals surface area contributed by atoms with Gasteiger partial charge in [0, 0.05) is 21.5 Å². The summed E-state index contributed by atoms with van der Waals surface area (Å²) in [6.45, 7) is 9.05. The Morgan fingerprint density at radius 1 is 1.18 bits per heavy atom. The Hall–Kier alpha value is -3.24. The lowest BCUT2D eigenvalue weighted by atomic mass is 9.82. The highest BCUT2D eigenvalue weighted by Crippen LogP contribution is 2.44. The van der Waals surface area contributed by atoms with Gasteiger partial charge in [-0.05, 0) is 57.9 Å². The first-order chi connectivity index (χ1) is 16.2. The molecule has 0 amide bonds. The van der Waals surface area contributed by atoms with Gasteiger partial charge in [-0.15, -0.1) is 16.4 Å². The van der Waals surface area contributed by atoms with Crippen molar-refractivity contribution in [1.29, 1.82) is 0 Å². The van der Waals surface area contributed by atoms with Crippen molar-refractivity contribution < 1.29 is 14.3 Å². The number of thiophene rings is 1. The van der Waals surface area contributed by atoms with Gasteiger partial charge in [-0.2, -0.15) is 0 Å². The second kappa shape index (κ2) is 8.21. The monoisotopic (exact) mass is 480 g/mol. The van der Waals surface area contributed by atoms with Crippen LogP contribution >= 0.6 is 11.3 Å². The third-order valence-corrected chi connectivity index (χ3v) is 7.35. The lowest BCUT2D eigenvalue weighted by molar-refractivity contribution is 0.126. The zero-order valence-electron chi connectivity index (χ0n) is 20.2. The van der Waals surface area contributed by atoms with E-state index in [-0.39, 0.29) is 17.7 Å². The topological polar surface area (TPSA) is 95.2 Å². The number of ether oxygens (including phenoxy) is 2. The van der Waals surface area contributed by atoms with E-state index in [1.807, 2.05) is 18.2 Å². The Kier molecular flexibility index (Phi) is 5.44. The largest absolute Gasteiger partial charge is 0.493 e. The Bertz CT molecular complexity index is 1400. The molecule has 0 saturated heterocycles. The predicted molar refractivity (Wildman–Crippen MR) is 132 cm³/mol. The van der Waals surface area contributed by atoms with Crippen LogP contribution in [0.5, 0.6) is 11.5 Å². The number of hydrogen-bond acceptors (Lipinski definition) is 9. The maximum atomic E-state index is 5.49. The first kappa shape index (κ1) is 22.5. The number of rotatable bonds is 6. The van der Waals surface area contributed by atoms with Crippen molar-refractivity contribution in [1.82, 2.24) is 24.9 Å². The minimum atomic E-state index is -0.135. The van der Waals surface area contributed by atoms with Crippen LogP contribution in [0.15, 0.2) is 29.7 Å². The molecule has 4 aromatic rings. The summed E-state index contributed by atoms with van der Waals surface area (Å²) in [5, 5.41) is 13.5. The molecule has 0 fully saturated rings. The Balaban J connectivity index is 1.40. The smallest absolute Gasteiger partial charge is 0.192 e. The standard InChI is InChI=1S/C24H28N6O3S/c1-23(2)10-15-19-21-27-18(12-33-26-11-14-7-8-16(31-5)17(9-14)32-6)28-30(21)13-25-22(19)34-20(15)24(3,4)29-23/h7-9,11,13,29H,10,12H2,1-6H3/b26-11+. The summed E-state index contributed by atoms with van der Waals surface area (Å²) < 4.78 is 12.3. The first-order valence-corrected chi connectivity index (χ1v) is 11.9. The minimum Gasteiger partial charge on any atom is -0.493 e. The maximum Gasteiger partial charge on any atom is 0.192 e. The summed E-state index contributed by atoms with van der Waals surface area (Å²) in [5.41, 5.74) is 2.78. The Morgan fingerprint density at radius 3 is 2.74 bits per heavy atom. The van der Waals surface area contributed by atoms with Crippen molar-refractivity contribution >= 4 is 33.4 Å². The van der Waals surface area contributed by atoms with Crippen molar-refractivity contribution in [3.63, 3.8) is 0 Å². The predicted octanol–water partition coefficient (Wildman–Crippen LogP) is 4.07. The van der Waals surface area contributed by atoms with Crippen molar-refractivity contribution in [2.75, 3.05) is 14.2 Å². The fourth-order valence-corrected chi connectivity index (χ4v) is 5.96. The summed E-state index contributed by atoms with van der Waals surface area (Å²) in [7, 11) is 3.20. The van der Waals surface area contributed by atoms with Crippen LogP contribution in [-0.4, -0.2) is 45.6 Å². The molecule has 3 aromatic heterocycles. The number of fused-ring (bicyclic) bond motifs is 5. The molecule has 4 heterocycles. The van der Waals surface area contributed by atoms with Gasteiger partial charge in [0.25, 0.3) is 0 Å². The number of oxime groups is 1. The van der Waals surface area contributed by atoms with Crippen molar-refractivity contribution in [3.05, 3.63) is 46.4 Å². The fourth-order valence-electron chi connectivity index (χ4n) is 4.75. The summed E-state index contributed by atoms with van der Waals surface area (Å²) >= 11 is 1.73. The lowest BCUT2D eigenvalue weighted by Crippen LogP contribution is -2.54. The number of methoxy groups -OCH3 is 2. The number of benzene rings is 1. The van der Waals surface area contributed by atoms with E-state index in [9.17, 15) is 0 Å². The molecule has 1 N–H and O–H groups in total. The number of aromatic nitrogens is 4. The zero-order valence-corrected chi connectivity index (χ0v) is 21.0. The van der Waals surface area contributed by atoms with Crippen LogP contribution in [0.2, 0.25) is 0 Å². The first-order valence-electron chi connectivity index (χ1n) is 11.0. The summed E-state index contributed by atoms with van der Waals surface area (Å²) in [6.07, 6.45) is 4.24. The highest BCUT2D eigenvalue weighted by molar-refractivity contribution is 7.19. The number of hydrogen-bond donors (Lipinski definition) is 1. The van der Waals surface area contributed by atoms with Crippen molar-refractivity contribution in [3.8, 4) is 11.5 Å². The quantitative estimate of drug-likeness (QED) is 0.328. The fraction of sp³-hybridized carbons (Fsp3) is 0.417. The molecule has 0 bridgehead atoms. The third kappa shape index (κ3) is 3.97. The van der Waals surface area contributed by atoms with E-state index in [0.29, 0.717) is 17.3 Å². The van der Waals surface area contributed by atoms with Crippen LogP contribution in [0.3, 0.4) is 0 Å². The SMILES string of the molecule is COc1ccc(/C=N/OCc2nc3c4c5c(sc4ncn3n2)C(C)(C)NC(C)(C)C5)cc1OC. The molecule has 1 aliphatic heterocycles. The van der Waals surface area contributed by atoms with E-state index in [2.05, 4.69) is 48.3 Å². The van der Waals surface area contributed by atoms with Gasteiger partial charge in [0.1, 0.15) is 11.2 Å². The second-order valence-electron chi connectivity index (χ2n) is 9.56. The Morgan fingerprint density at radius 2 is 1.97 bits per heavy atom. The van der Waals surface area contributed by atoms with E-state index < -0.39 is 0 Å². The zero-order chi connectivity index (χ0) is 24.1. The molecule has 0 aliphatic carbocycles. The van der Waals surface area contributed by atoms with Gasteiger partial charge in [0.15, 0.2) is 29.6 Å². The number of nitrogens with one attached hydrogen (secondary N) is 1. The molecule has 34 heavy (non-hydrogen) atoms. The Labute approximate surface area is 201 Å². The normalized spacial score (nSPS) is 16.8. The van der Waals surface area contributed by atoms with Crippen LogP contribution < -0.4 is 14.8 Å². The van der Waals surface area contributed by atoms with Gasteiger partial charge in [-0.1, -0.05) is 5.16 Å². The lowest BCUT2D eigenvalue weighted by Gasteiger charge is -2.42. The van der Waals surface area contributed by atoms with Crippen LogP contribution in [0.4, 0.5) is 0 Å².